The third kappa shape index (κ3) is 2.59. The third-order valence-electron chi connectivity index (χ3n) is 2.98. The lowest BCUT2D eigenvalue weighted by molar-refractivity contribution is 0.760. The van der Waals surface area contributed by atoms with Crippen LogP contribution in [0.15, 0.2) is 30.3 Å². The number of hydrogen-bond acceptors (Lipinski definition) is 3. The summed E-state index contributed by atoms with van der Waals surface area (Å²) in [5.41, 5.74) is 7.53. The van der Waals surface area contributed by atoms with Crippen molar-refractivity contribution in [1.82, 2.24) is 4.98 Å². The number of nitrogens with one attached hydrogen (secondary N) is 1. The Morgan fingerprint density at radius 1 is 1.44 bits per heavy atom. The molecule has 0 fully saturated rings. The zero-order chi connectivity index (χ0) is 13.1. The van der Waals surface area contributed by atoms with E-state index in [4.69, 9.17) is 18.0 Å². The molecule has 0 aliphatic heterocycles. The monoisotopic (exact) mass is 259 g/mol. The fourth-order valence-electron chi connectivity index (χ4n) is 1.75. The van der Waals surface area contributed by atoms with Gasteiger partial charge in [-0.1, -0.05) is 37.3 Å². The fourth-order valence-corrected chi connectivity index (χ4v) is 1.90. The maximum atomic E-state index is 5.77. The quantitative estimate of drug-likeness (QED) is 0.828. The molecule has 0 bridgehead atoms. The number of hydrogen-bond donors (Lipinski definition) is 2. The number of thiocarbonyl (C=S) groups is 1. The summed E-state index contributed by atoms with van der Waals surface area (Å²) in [6, 6.07) is 10.3. The van der Waals surface area contributed by atoms with Gasteiger partial charge in [-0.3, -0.25) is 0 Å². The minimum Gasteiger partial charge on any atom is -0.389 e. The van der Waals surface area contributed by atoms with Crippen molar-refractivity contribution < 1.29 is 0 Å². The molecule has 1 aromatic carbocycles. The summed E-state index contributed by atoms with van der Waals surface area (Å²) in [6.07, 6.45) is 1.02. The number of nitrogens with zero attached hydrogens (tertiary/aromatic N) is 1. The van der Waals surface area contributed by atoms with Crippen LogP contribution in [0.1, 0.15) is 25.8 Å². The first-order chi connectivity index (χ1) is 8.61. The van der Waals surface area contributed by atoms with Gasteiger partial charge in [-0.15, -0.1) is 0 Å². The van der Waals surface area contributed by atoms with Gasteiger partial charge in [0.2, 0.25) is 0 Å². The van der Waals surface area contributed by atoms with Crippen molar-refractivity contribution in [2.45, 2.75) is 26.3 Å². The van der Waals surface area contributed by atoms with E-state index < -0.39 is 0 Å². The number of pyridine rings is 1. The molecule has 2 aromatic rings. The SMILES string of the molecule is CCC(C)Nc1nc2ccccc2cc1C(N)=S. The largest absolute Gasteiger partial charge is 0.389 e. The first-order valence-corrected chi connectivity index (χ1v) is 6.48. The Balaban J connectivity index is 2.54. The summed E-state index contributed by atoms with van der Waals surface area (Å²) < 4.78 is 0. The van der Waals surface area contributed by atoms with Crippen LogP contribution in [0.3, 0.4) is 0 Å². The Kier molecular flexibility index (Phi) is 3.77. The molecule has 18 heavy (non-hydrogen) atoms. The van der Waals surface area contributed by atoms with Crippen LogP contribution in [0, 0.1) is 0 Å². The van der Waals surface area contributed by atoms with Crippen molar-refractivity contribution in [3.63, 3.8) is 0 Å². The molecule has 4 heteroatoms. The van der Waals surface area contributed by atoms with E-state index in [0.717, 1.165) is 28.7 Å². The maximum Gasteiger partial charge on any atom is 0.137 e. The molecular formula is C14H17N3S. The standard InChI is InChI=1S/C14H17N3S/c1-3-9(2)16-14-11(13(15)18)8-10-6-4-5-7-12(10)17-14/h4-9H,3H2,1-2H3,(H2,15,18)(H,16,17). The summed E-state index contributed by atoms with van der Waals surface area (Å²) in [6.45, 7) is 4.24. The number of nitrogens with two attached hydrogens (primary N) is 1. The highest BCUT2D eigenvalue weighted by molar-refractivity contribution is 7.80. The van der Waals surface area contributed by atoms with Gasteiger partial charge in [0.05, 0.1) is 11.1 Å². The van der Waals surface area contributed by atoms with Crippen LogP contribution in [0.4, 0.5) is 5.82 Å². The third-order valence-corrected chi connectivity index (χ3v) is 3.20. The molecule has 0 saturated carbocycles. The van der Waals surface area contributed by atoms with E-state index in [1.54, 1.807) is 0 Å². The first kappa shape index (κ1) is 12.8. The van der Waals surface area contributed by atoms with Crippen LogP contribution in [-0.4, -0.2) is 16.0 Å². The number of fused-ring (bicyclic) bond motifs is 1. The van der Waals surface area contributed by atoms with Gasteiger partial charge in [-0.2, -0.15) is 0 Å². The van der Waals surface area contributed by atoms with E-state index in [-0.39, 0.29) is 0 Å². The molecule has 0 radical (unpaired) electrons. The topological polar surface area (TPSA) is 50.9 Å². The lowest BCUT2D eigenvalue weighted by Gasteiger charge is -2.16. The van der Waals surface area contributed by atoms with Gasteiger partial charge < -0.3 is 11.1 Å². The van der Waals surface area contributed by atoms with Crippen LogP contribution >= 0.6 is 12.2 Å². The van der Waals surface area contributed by atoms with Gasteiger partial charge in [0.15, 0.2) is 0 Å². The molecule has 3 N–H and O–H groups in total. The summed E-state index contributed by atoms with van der Waals surface area (Å²) in [5.74, 6) is 0.774. The summed E-state index contributed by atoms with van der Waals surface area (Å²) >= 11 is 5.10. The van der Waals surface area contributed by atoms with Gasteiger partial charge in [0, 0.05) is 11.4 Å². The molecule has 1 atom stereocenters. The summed E-state index contributed by atoms with van der Waals surface area (Å²) in [4.78, 5) is 4.98. The van der Waals surface area contributed by atoms with E-state index in [1.165, 1.54) is 0 Å². The fraction of sp³-hybridized carbons (Fsp3) is 0.286. The van der Waals surface area contributed by atoms with E-state index in [1.807, 2.05) is 30.3 Å². The van der Waals surface area contributed by atoms with Crippen molar-refractivity contribution in [2.75, 3.05) is 5.32 Å². The van der Waals surface area contributed by atoms with Gasteiger partial charge in [0.1, 0.15) is 10.8 Å². The van der Waals surface area contributed by atoms with Crippen LogP contribution in [0.2, 0.25) is 0 Å². The van der Waals surface area contributed by atoms with Gasteiger partial charge in [-0.25, -0.2) is 4.98 Å². The van der Waals surface area contributed by atoms with E-state index in [2.05, 4.69) is 24.1 Å². The minimum atomic E-state index is 0.340. The lowest BCUT2D eigenvalue weighted by Crippen LogP contribution is -2.20. The number of anilines is 1. The average molecular weight is 259 g/mol. The van der Waals surface area contributed by atoms with E-state index in [9.17, 15) is 0 Å². The number of rotatable bonds is 4. The van der Waals surface area contributed by atoms with Crippen LogP contribution < -0.4 is 11.1 Å². The molecule has 0 aliphatic carbocycles. The number of para-hydroxylation sites is 1. The van der Waals surface area contributed by atoms with Crippen LogP contribution in [0.25, 0.3) is 10.9 Å². The Bertz CT molecular complexity index is 580. The molecule has 3 nitrogen and oxygen atoms in total. The van der Waals surface area contributed by atoms with Crippen molar-refractivity contribution in [1.29, 1.82) is 0 Å². The second-order valence-corrected chi connectivity index (χ2v) is 4.83. The van der Waals surface area contributed by atoms with Gasteiger partial charge in [0.25, 0.3) is 0 Å². The molecule has 0 spiro atoms. The van der Waals surface area contributed by atoms with Crippen molar-refractivity contribution >= 4 is 33.9 Å². The Morgan fingerprint density at radius 3 is 2.83 bits per heavy atom. The maximum absolute atomic E-state index is 5.77. The van der Waals surface area contributed by atoms with Crippen molar-refractivity contribution in [2.24, 2.45) is 5.73 Å². The van der Waals surface area contributed by atoms with Crippen molar-refractivity contribution in [3.8, 4) is 0 Å². The highest BCUT2D eigenvalue weighted by atomic mass is 32.1. The predicted molar refractivity (Wildman–Crippen MR) is 81.0 cm³/mol. The highest BCUT2D eigenvalue weighted by Gasteiger charge is 2.10. The smallest absolute Gasteiger partial charge is 0.137 e. The average Bonchev–Trinajstić information content (AvgIpc) is 2.37. The minimum absolute atomic E-state index is 0.340. The second-order valence-electron chi connectivity index (χ2n) is 4.40. The second kappa shape index (κ2) is 5.31. The molecule has 0 aliphatic rings. The molecule has 2 rings (SSSR count). The summed E-state index contributed by atoms with van der Waals surface area (Å²) in [5, 5.41) is 4.41. The molecule has 0 saturated heterocycles. The zero-order valence-corrected chi connectivity index (χ0v) is 11.4. The molecular weight excluding hydrogens is 242 g/mol. The molecule has 1 unspecified atom stereocenters. The Labute approximate surface area is 112 Å². The number of aromatic nitrogens is 1. The van der Waals surface area contributed by atoms with Gasteiger partial charge in [-0.05, 0) is 25.5 Å². The molecule has 1 aromatic heterocycles. The molecule has 0 amide bonds. The Morgan fingerprint density at radius 2 is 2.17 bits per heavy atom. The first-order valence-electron chi connectivity index (χ1n) is 6.08. The number of benzene rings is 1. The highest BCUT2D eigenvalue weighted by Crippen LogP contribution is 2.21. The van der Waals surface area contributed by atoms with Gasteiger partial charge >= 0.3 is 0 Å². The predicted octanol–water partition coefficient (Wildman–Crippen LogP) is 3.08. The molecule has 1 heterocycles. The van der Waals surface area contributed by atoms with E-state index >= 15 is 0 Å². The van der Waals surface area contributed by atoms with Crippen LogP contribution in [0.5, 0.6) is 0 Å². The normalized spacial score (nSPS) is 12.3. The zero-order valence-electron chi connectivity index (χ0n) is 10.6. The Hall–Kier alpha value is -1.68. The lowest BCUT2D eigenvalue weighted by atomic mass is 10.1. The summed E-state index contributed by atoms with van der Waals surface area (Å²) in [7, 11) is 0. The van der Waals surface area contributed by atoms with Crippen LogP contribution in [-0.2, 0) is 0 Å². The molecule has 94 valence electrons. The van der Waals surface area contributed by atoms with Crippen molar-refractivity contribution in [3.05, 3.63) is 35.9 Å². The van der Waals surface area contributed by atoms with E-state index in [0.29, 0.717) is 11.0 Å².